The van der Waals surface area contributed by atoms with E-state index in [1.165, 1.54) is 0 Å². The van der Waals surface area contributed by atoms with E-state index in [1.807, 2.05) is 30.3 Å². The average Bonchev–Trinajstić information content (AvgIpc) is 3.96. The molecule has 2 saturated carbocycles. The van der Waals surface area contributed by atoms with Crippen LogP contribution in [0.1, 0.15) is 51.2 Å². The molecule has 258 valence electrons. The molecule has 4 N–H and O–H groups in total. The van der Waals surface area contributed by atoms with E-state index in [0.717, 1.165) is 28.7 Å². The maximum absolute atomic E-state index is 14.5. The summed E-state index contributed by atoms with van der Waals surface area (Å²) in [7, 11) is 0. The van der Waals surface area contributed by atoms with Gasteiger partial charge in [0.25, 0.3) is 0 Å². The highest BCUT2D eigenvalue weighted by atomic mass is 16.7. The second-order valence-corrected chi connectivity index (χ2v) is 15.6. The molecule has 4 saturated heterocycles. The van der Waals surface area contributed by atoms with Gasteiger partial charge >= 0.3 is 11.9 Å². The first kappa shape index (κ1) is 31.2. The van der Waals surface area contributed by atoms with Crippen LogP contribution in [-0.4, -0.2) is 82.9 Å². The van der Waals surface area contributed by atoms with Crippen molar-refractivity contribution in [3.8, 4) is 5.75 Å². The molecular formula is C38H42N2O9. The second-order valence-electron chi connectivity index (χ2n) is 15.6. The lowest BCUT2D eigenvalue weighted by molar-refractivity contribution is -0.367. The fourth-order valence-corrected chi connectivity index (χ4v) is 10.6. The number of hydrogen-bond acceptors (Lipinski definition) is 10. The summed E-state index contributed by atoms with van der Waals surface area (Å²) in [6.07, 6.45) is 0.883. The first-order valence-corrected chi connectivity index (χ1v) is 17.5. The molecule has 3 aliphatic carbocycles. The lowest BCUT2D eigenvalue weighted by atomic mass is 9.42. The van der Waals surface area contributed by atoms with Crippen molar-refractivity contribution in [2.24, 2.45) is 23.0 Å². The van der Waals surface area contributed by atoms with Crippen molar-refractivity contribution in [3.63, 3.8) is 0 Å². The quantitative estimate of drug-likeness (QED) is 0.267. The van der Waals surface area contributed by atoms with Gasteiger partial charge in [-0.3, -0.25) is 4.79 Å². The molecule has 11 heteroatoms. The minimum atomic E-state index is -1.07. The topological polar surface area (TPSA) is 162 Å². The molecule has 49 heavy (non-hydrogen) atoms. The zero-order chi connectivity index (χ0) is 34.1. The molecular weight excluding hydrogens is 628 g/mol. The number of ether oxygens (including phenoxy) is 5. The van der Waals surface area contributed by atoms with Crippen LogP contribution in [0.4, 0.5) is 0 Å². The van der Waals surface area contributed by atoms with Crippen molar-refractivity contribution in [2.75, 3.05) is 6.61 Å². The van der Waals surface area contributed by atoms with Crippen LogP contribution in [0.5, 0.6) is 5.75 Å². The highest BCUT2D eigenvalue weighted by molar-refractivity contribution is 5.92. The minimum absolute atomic E-state index is 0.0222. The number of phenols is 1. The number of nitrogens with one attached hydrogen (secondary N) is 1. The van der Waals surface area contributed by atoms with Gasteiger partial charge in [-0.2, -0.15) is 0 Å². The Hall–Kier alpha value is -3.77. The number of carbonyl (C=O) groups is 3. The molecule has 1 unspecified atom stereocenters. The van der Waals surface area contributed by atoms with E-state index >= 15 is 0 Å². The van der Waals surface area contributed by atoms with Gasteiger partial charge in [-0.1, -0.05) is 63.2 Å². The Morgan fingerprint density at radius 1 is 1.02 bits per heavy atom. The molecule has 11 nitrogen and oxygen atoms in total. The van der Waals surface area contributed by atoms with Crippen molar-refractivity contribution in [1.29, 1.82) is 0 Å². The summed E-state index contributed by atoms with van der Waals surface area (Å²) in [6.45, 7) is 6.64. The zero-order valence-electron chi connectivity index (χ0n) is 27.8. The van der Waals surface area contributed by atoms with Crippen LogP contribution in [0.3, 0.4) is 0 Å². The van der Waals surface area contributed by atoms with Gasteiger partial charge in [-0.05, 0) is 54.0 Å². The molecule has 0 aromatic heterocycles. The van der Waals surface area contributed by atoms with Crippen LogP contribution in [0.2, 0.25) is 0 Å². The fourth-order valence-electron chi connectivity index (χ4n) is 10.6. The van der Waals surface area contributed by atoms with E-state index in [9.17, 15) is 19.5 Å². The van der Waals surface area contributed by atoms with E-state index in [2.05, 4.69) is 26.1 Å². The van der Waals surface area contributed by atoms with Crippen molar-refractivity contribution in [3.05, 3.63) is 76.9 Å². The molecule has 10 rings (SSSR count). The van der Waals surface area contributed by atoms with Crippen molar-refractivity contribution in [2.45, 2.75) is 106 Å². The van der Waals surface area contributed by atoms with Gasteiger partial charge in [0.1, 0.15) is 47.4 Å². The number of rotatable bonds is 9. The third-order valence-electron chi connectivity index (χ3n) is 12.9. The lowest BCUT2D eigenvalue weighted by Crippen LogP contribution is -2.84. The summed E-state index contributed by atoms with van der Waals surface area (Å²) in [5.41, 5.74) is 6.89. The summed E-state index contributed by atoms with van der Waals surface area (Å²) < 4.78 is 32.5. The summed E-state index contributed by atoms with van der Waals surface area (Å²) in [4.78, 5) is 40.6. The first-order valence-electron chi connectivity index (χ1n) is 17.5. The fraction of sp³-hybridized carbons (Fsp3) is 0.553. The molecule has 2 spiro atoms. The molecule has 0 radical (unpaired) electrons. The minimum Gasteiger partial charge on any atom is -0.508 e. The molecule has 11 atom stereocenters. The van der Waals surface area contributed by atoms with Gasteiger partial charge in [0.05, 0.1) is 12.1 Å². The molecule has 2 bridgehead atoms. The number of hydrogen-bond donors (Lipinski definition) is 3. The Morgan fingerprint density at radius 2 is 1.73 bits per heavy atom. The predicted molar refractivity (Wildman–Crippen MR) is 173 cm³/mol. The summed E-state index contributed by atoms with van der Waals surface area (Å²) in [5.74, 6) is -1.28. The normalized spacial score (nSPS) is 39.9. The van der Waals surface area contributed by atoms with Gasteiger partial charge in [0.15, 0.2) is 6.10 Å². The van der Waals surface area contributed by atoms with Crippen LogP contribution in [0.15, 0.2) is 65.7 Å². The Morgan fingerprint density at radius 3 is 2.45 bits per heavy atom. The molecule has 8 aliphatic rings. The van der Waals surface area contributed by atoms with E-state index in [0.29, 0.717) is 19.3 Å². The maximum atomic E-state index is 14.5. The highest BCUT2D eigenvalue weighted by Gasteiger charge is 2.99. The van der Waals surface area contributed by atoms with E-state index in [1.54, 1.807) is 24.3 Å². The van der Waals surface area contributed by atoms with Crippen LogP contribution in [-0.2, 0) is 50.9 Å². The molecule has 2 aromatic rings. The monoisotopic (exact) mass is 670 g/mol. The standard InChI is InChI=1S/C38H42N2O9/c1-19(2)37-29(48-37)30-38(49-30)35(3)14-13-23-24(18-45-32(23)43)28(35)27-17-36(38,47-27)34(37)46-33(44)26(16-21-9-11-22(41)12-10-21)40-31(42)25(39)15-20-7-5-4-6-8-20/h4-12,19,25-30,34,41H,13-18,39H2,1-3H3,(H,40,42)/t25-,26-,27?,28+,29-,30-,34-,35-,36+,37-,38+/m0/s1. The SMILES string of the molecule is CC(C)[C@]12O[C@H]1[C@@H]1O[C@@]13[C@@]1(C)CCC4=C(COC4=O)[C@@H]1C1C[C@@]3(O1)[C@@H]2OC(=O)[C@H](Cc1ccc(O)cc1)NC(=O)[C@@H](N)Cc1ccccc1. The van der Waals surface area contributed by atoms with Crippen LogP contribution >= 0.6 is 0 Å². The Bertz CT molecular complexity index is 1770. The van der Waals surface area contributed by atoms with Crippen LogP contribution < -0.4 is 11.1 Å². The van der Waals surface area contributed by atoms with Gasteiger partial charge in [0, 0.05) is 29.7 Å². The van der Waals surface area contributed by atoms with Crippen molar-refractivity contribution < 1.29 is 43.2 Å². The maximum Gasteiger partial charge on any atom is 0.334 e. The summed E-state index contributed by atoms with van der Waals surface area (Å²) >= 11 is 0. The summed E-state index contributed by atoms with van der Waals surface area (Å²) in [5, 5.41) is 12.8. The zero-order valence-corrected chi connectivity index (χ0v) is 27.8. The number of esters is 2. The molecule has 5 aliphatic heterocycles. The number of epoxide rings is 2. The lowest BCUT2D eigenvalue weighted by Gasteiger charge is -2.70. The molecule has 5 heterocycles. The number of carbonyl (C=O) groups excluding carboxylic acids is 3. The average molecular weight is 671 g/mol. The third-order valence-corrected chi connectivity index (χ3v) is 12.9. The van der Waals surface area contributed by atoms with Gasteiger partial charge in [-0.15, -0.1) is 0 Å². The van der Waals surface area contributed by atoms with Crippen molar-refractivity contribution in [1.82, 2.24) is 5.32 Å². The summed E-state index contributed by atoms with van der Waals surface area (Å²) in [6, 6.07) is 14.0. The molecule has 6 fully saturated rings. The number of benzene rings is 2. The predicted octanol–water partition coefficient (Wildman–Crippen LogP) is 2.66. The number of fused-ring (bicyclic) bond motifs is 2. The number of aromatic hydroxyl groups is 1. The Labute approximate surface area is 284 Å². The molecule has 1 amide bonds. The first-order chi connectivity index (χ1) is 23.4. The van der Waals surface area contributed by atoms with E-state index in [4.69, 9.17) is 29.4 Å². The second kappa shape index (κ2) is 10.4. The largest absolute Gasteiger partial charge is 0.508 e. The van der Waals surface area contributed by atoms with Gasteiger partial charge in [-0.25, -0.2) is 9.59 Å². The van der Waals surface area contributed by atoms with Crippen LogP contribution in [0, 0.1) is 17.3 Å². The number of phenolic OH excluding ortho intramolecular Hbond substituents is 1. The van der Waals surface area contributed by atoms with Crippen LogP contribution in [0.25, 0.3) is 0 Å². The van der Waals surface area contributed by atoms with E-state index in [-0.39, 0.29) is 60.3 Å². The number of amides is 1. The number of cyclic esters (lactones) is 1. The number of nitrogens with two attached hydrogens (primary N) is 1. The molecule has 2 aromatic carbocycles. The van der Waals surface area contributed by atoms with Gasteiger partial charge < -0.3 is 39.8 Å². The highest BCUT2D eigenvalue weighted by Crippen LogP contribution is 2.82. The Kier molecular flexibility index (Phi) is 6.62. The van der Waals surface area contributed by atoms with Crippen molar-refractivity contribution >= 4 is 17.8 Å². The Balaban J connectivity index is 1.04. The van der Waals surface area contributed by atoms with Gasteiger partial charge in [0.2, 0.25) is 5.91 Å². The smallest absolute Gasteiger partial charge is 0.334 e. The third kappa shape index (κ3) is 4.07. The van der Waals surface area contributed by atoms with E-state index < -0.39 is 46.9 Å².